The highest BCUT2D eigenvalue weighted by atomic mass is 16.5. The number of aliphatic hydroxyl groups is 1. The SMILES string of the molecule is Cc1cc([C@](C)(O)C#Cc2ccc3c(C(=O)N4CCOCC4)nn(-c4ccnc(N)n4)c3c2)no1. The largest absolute Gasteiger partial charge is 0.378 e. The Bertz CT molecular complexity index is 1470. The second-order valence-corrected chi connectivity index (χ2v) is 8.31. The number of fused-ring (bicyclic) bond motifs is 1. The molecule has 0 bridgehead atoms. The number of rotatable bonds is 3. The maximum Gasteiger partial charge on any atom is 0.275 e. The summed E-state index contributed by atoms with van der Waals surface area (Å²) >= 11 is 0. The van der Waals surface area contributed by atoms with Crippen LogP contribution in [0.4, 0.5) is 5.95 Å². The molecule has 1 saturated heterocycles. The lowest BCUT2D eigenvalue weighted by atomic mass is 10.0. The third-order valence-electron chi connectivity index (χ3n) is 5.64. The molecule has 11 nitrogen and oxygen atoms in total. The van der Waals surface area contributed by atoms with Crippen LogP contribution in [0.5, 0.6) is 0 Å². The number of benzene rings is 1. The predicted octanol–water partition coefficient (Wildman–Crippen LogP) is 1.43. The van der Waals surface area contributed by atoms with Gasteiger partial charge in [-0.3, -0.25) is 4.79 Å². The highest BCUT2D eigenvalue weighted by Crippen LogP contribution is 2.25. The number of carbonyl (C=O) groups excluding carboxylic acids is 1. The zero-order valence-electron chi connectivity index (χ0n) is 19.2. The summed E-state index contributed by atoms with van der Waals surface area (Å²) in [6.45, 7) is 5.24. The minimum Gasteiger partial charge on any atom is -0.378 e. The van der Waals surface area contributed by atoms with Crippen LogP contribution in [0.2, 0.25) is 0 Å². The van der Waals surface area contributed by atoms with Crippen molar-refractivity contribution in [2.24, 2.45) is 0 Å². The maximum absolute atomic E-state index is 13.3. The van der Waals surface area contributed by atoms with Crippen molar-refractivity contribution in [1.29, 1.82) is 0 Å². The topological polar surface area (TPSA) is 145 Å². The molecule has 5 rings (SSSR count). The van der Waals surface area contributed by atoms with E-state index < -0.39 is 5.60 Å². The molecule has 0 unspecified atom stereocenters. The van der Waals surface area contributed by atoms with Crippen molar-refractivity contribution < 1.29 is 19.2 Å². The molecule has 0 aliphatic carbocycles. The van der Waals surface area contributed by atoms with Crippen LogP contribution in [-0.4, -0.2) is 67.1 Å². The van der Waals surface area contributed by atoms with Crippen LogP contribution in [-0.2, 0) is 10.3 Å². The lowest BCUT2D eigenvalue weighted by Gasteiger charge is -2.26. The van der Waals surface area contributed by atoms with Crippen LogP contribution in [0.15, 0.2) is 41.1 Å². The lowest BCUT2D eigenvalue weighted by molar-refractivity contribution is 0.0300. The molecular weight excluding hydrogens is 450 g/mol. The molecule has 1 aliphatic heterocycles. The first-order valence-electron chi connectivity index (χ1n) is 11.0. The Hall–Kier alpha value is -4.27. The van der Waals surface area contributed by atoms with Crippen molar-refractivity contribution in [2.45, 2.75) is 19.4 Å². The summed E-state index contributed by atoms with van der Waals surface area (Å²) in [5.74, 6) is 6.71. The maximum atomic E-state index is 13.3. The average Bonchev–Trinajstić information content (AvgIpc) is 3.47. The molecule has 35 heavy (non-hydrogen) atoms. The molecule has 0 radical (unpaired) electrons. The van der Waals surface area contributed by atoms with Gasteiger partial charge in [-0.25, -0.2) is 9.67 Å². The summed E-state index contributed by atoms with van der Waals surface area (Å²) in [6.07, 6.45) is 1.52. The highest BCUT2D eigenvalue weighted by molar-refractivity contribution is 6.05. The van der Waals surface area contributed by atoms with Crippen molar-refractivity contribution in [3.63, 3.8) is 0 Å². The Morgan fingerprint density at radius 2 is 2.03 bits per heavy atom. The van der Waals surface area contributed by atoms with Crippen LogP contribution < -0.4 is 5.73 Å². The Balaban J connectivity index is 1.59. The van der Waals surface area contributed by atoms with E-state index in [0.29, 0.717) is 65.7 Å². The molecule has 1 amide bonds. The molecule has 3 aromatic heterocycles. The van der Waals surface area contributed by atoms with Gasteiger partial charge in [0.2, 0.25) is 5.95 Å². The van der Waals surface area contributed by atoms with Gasteiger partial charge in [0.15, 0.2) is 17.1 Å². The van der Waals surface area contributed by atoms with Gasteiger partial charge in [-0.05, 0) is 32.0 Å². The second-order valence-electron chi connectivity index (χ2n) is 8.31. The fourth-order valence-corrected chi connectivity index (χ4v) is 3.78. The summed E-state index contributed by atoms with van der Waals surface area (Å²) < 4.78 is 12.0. The predicted molar refractivity (Wildman–Crippen MR) is 125 cm³/mol. The number of anilines is 1. The van der Waals surface area contributed by atoms with E-state index in [1.807, 2.05) is 0 Å². The smallest absolute Gasteiger partial charge is 0.275 e. The van der Waals surface area contributed by atoms with E-state index in [1.54, 1.807) is 53.8 Å². The van der Waals surface area contributed by atoms with Crippen molar-refractivity contribution in [3.05, 3.63) is 59.2 Å². The molecule has 0 saturated carbocycles. The van der Waals surface area contributed by atoms with Gasteiger partial charge in [0.1, 0.15) is 11.5 Å². The van der Waals surface area contributed by atoms with E-state index in [2.05, 4.69) is 32.1 Å². The van der Waals surface area contributed by atoms with Crippen LogP contribution >= 0.6 is 0 Å². The van der Waals surface area contributed by atoms with Crippen LogP contribution in [0, 0.1) is 18.8 Å². The van der Waals surface area contributed by atoms with Crippen molar-refractivity contribution in [1.82, 2.24) is 29.8 Å². The molecule has 3 N–H and O–H groups in total. The van der Waals surface area contributed by atoms with Crippen molar-refractivity contribution in [3.8, 4) is 17.7 Å². The number of aryl methyl sites for hydroxylation is 1. The molecule has 1 fully saturated rings. The number of nitrogens with two attached hydrogens (primary N) is 1. The van der Waals surface area contributed by atoms with Gasteiger partial charge < -0.3 is 25.0 Å². The number of nitrogen functional groups attached to an aromatic ring is 1. The number of hydrogen-bond acceptors (Lipinski definition) is 9. The Morgan fingerprint density at radius 1 is 1.23 bits per heavy atom. The van der Waals surface area contributed by atoms with Crippen molar-refractivity contribution in [2.75, 3.05) is 32.0 Å². The summed E-state index contributed by atoms with van der Waals surface area (Å²) in [6, 6.07) is 8.64. The number of nitrogens with zero attached hydrogens (tertiary/aromatic N) is 6. The van der Waals surface area contributed by atoms with Gasteiger partial charge in [-0.15, -0.1) is 0 Å². The van der Waals surface area contributed by atoms with E-state index in [1.165, 1.54) is 6.20 Å². The third-order valence-corrected chi connectivity index (χ3v) is 5.64. The zero-order chi connectivity index (χ0) is 24.6. The van der Waals surface area contributed by atoms with E-state index in [0.717, 1.165) is 0 Å². The molecular formula is C24H23N7O4. The second kappa shape index (κ2) is 8.83. The summed E-state index contributed by atoms with van der Waals surface area (Å²) in [5.41, 5.74) is 6.12. The Labute approximate surface area is 200 Å². The average molecular weight is 473 g/mol. The number of aromatic nitrogens is 5. The number of carbonyl (C=O) groups is 1. The monoisotopic (exact) mass is 473 g/mol. The number of hydrogen-bond donors (Lipinski definition) is 2. The molecule has 0 spiro atoms. The van der Waals surface area contributed by atoms with Gasteiger partial charge in [0.05, 0.1) is 18.7 Å². The van der Waals surface area contributed by atoms with Gasteiger partial charge in [0.25, 0.3) is 5.91 Å². The standard InChI is InChI=1S/C24H23N7O4/c1-15-13-19(29-35-15)24(2,33)7-5-16-3-4-17-18(14-16)31(20-6-8-26-23(25)27-20)28-21(17)22(32)30-9-11-34-12-10-30/h3-4,6,8,13-14,33H,9-12H2,1-2H3,(H2,25,26,27)/t24-/m1/s1. The first-order valence-corrected chi connectivity index (χ1v) is 11.0. The Kier molecular flexibility index (Phi) is 5.68. The van der Waals surface area contributed by atoms with E-state index in [4.69, 9.17) is 15.0 Å². The normalized spacial score (nSPS) is 15.5. The quantitative estimate of drug-likeness (QED) is 0.422. The van der Waals surface area contributed by atoms with Crippen molar-refractivity contribution >= 4 is 22.8 Å². The molecule has 1 aromatic carbocycles. The summed E-state index contributed by atoms with van der Waals surface area (Å²) in [5, 5.41) is 19.8. The molecule has 1 aliphatic rings. The van der Waals surface area contributed by atoms with Gasteiger partial charge in [-0.2, -0.15) is 10.1 Å². The molecule has 4 heterocycles. The zero-order valence-corrected chi connectivity index (χ0v) is 19.2. The minimum atomic E-state index is -1.51. The molecule has 4 aromatic rings. The summed E-state index contributed by atoms with van der Waals surface area (Å²) in [7, 11) is 0. The summed E-state index contributed by atoms with van der Waals surface area (Å²) in [4.78, 5) is 23.2. The van der Waals surface area contributed by atoms with Gasteiger partial charge in [0, 0.05) is 42.4 Å². The first-order chi connectivity index (χ1) is 16.8. The van der Waals surface area contributed by atoms with E-state index >= 15 is 0 Å². The number of ether oxygens (including phenoxy) is 1. The van der Waals surface area contributed by atoms with Crippen LogP contribution in [0.25, 0.3) is 16.7 Å². The fourth-order valence-electron chi connectivity index (χ4n) is 3.78. The first kappa shape index (κ1) is 22.5. The number of morpholine rings is 1. The molecule has 11 heteroatoms. The van der Waals surface area contributed by atoms with Gasteiger partial charge in [-0.1, -0.05) is 17.0 Å². The molecule has 178 valence electrons. The van der Waals surface area contributed by atoms with Crippen LogP contribution in [0.1, 0.15) is 34.4 Å². The van der Waals surface area contributed by atoms with Crippen LogP contribution in [0.3, 0.4) is 0 Å². The van der Waals surface area contributed by atoms with E-state index in [9.17, 15) is 9.90 Å². The fraction of sp³-hybridized carbons (Fsp3) is 0.292. The highest BCUT2D eigenvalue weighted by Gasteiger charge is 2.26. The number of amides is 1. The third kappa shape index (κ3) is 4.44. The van der Waals surface area contributed by atoms with E-state index in [-0.39, 0.29) is 11.9 Å². The Morgan fingerprint density at radius 3 is 2.74 bits per heavy atom. The molecule has 1 atom stereocenters. The lowest BCUT2D eigenvalue weighted by Crippen LogP contribution is -2.41. The van der Waals surface area contributed by atoms with Gasteiger partial charge >= 0.3 is 0 Å². The minimum absolute atomic E-state index is 0.0853.